The molecule has 0 fully saturated rings. The number of halogens is 4. The van der Waals surface area contributed by atoms with Crippen molar-refractivity contribution in [3.05, 3.63) is 229 Å². The van der Waals surface area contributed by atoms with Crippen LogP contribution in [0.15, 0.2) is 174 Å². The maximum absolute atomic E-state index is 12.2. The molecule has 0 aliphatic heterocycles. The molecular formula is C68H64Cl4N20O9S3. The van der Waals surface area contributed by atoms with Gasteiger partial charge in [-0.15, -0.1) is 5.10 Å². The number of nitrogens with two attached hydrogens (primary N) is 1. The molecule has 2 amide bonds. The number of rotatable bonds is 17. The van der Waals surface area contributed by atoms with E-state index in [1.54, 1.807) is 70.9 Å². The van der Waals surface area contributed by atoms with E-state index in [1.807, 2.05) is 115 Å². The summed E-state index contributed by atoms with van der Waals surface area (Å²) >= 11 is 39.0. The number of carbonyl (C=O) groups is 3. The van der Waals surface area contributed by atoms with Crippen molar-refractivity contribution in [2.24, 2.45) is 5.84 Å². The molecule has 0 spiro atoms. The first-order valence-electron chi connectivity index (χ1n) is 30.6. The lowest BCUT2D eigenvalue weighted by Crippen LogP contribution is -2.46. The summed E-state index contributed by atoms with van der Waals surface area (Å²) in [6.07, 6.45) is 0. The van der Waals surface area contributed by atoms with E-state index in [1.165, 1.54) is 12.1 Å². The molecule has 5 heterocycles. The average Bonchev–Trinajstić information content (AvgIpc) is 1.67. The van der Waals surface area contributed by atoms with Crippen LogP contribution < -0.4 is 73.2 Å². The van der Waals surface area contributed by atoms with Crippen molar-refractivity contribution in [2.75, 3.05) is 33.8 Å². The van der Waals surface area contributed by atoms with Crippen LogP contribution in [-0.4, -0.2) is 118 Å². The van der Waals surface area contributed by atoms with E-state index in [-0.39, 0.29) is 17.4 Å². The summed E-state index contributed by atoms with van der Waals surface area (Å²) in [7, 11) is 6.50. The van der Waals surface area contributed by atoms with Gasteiger partial charge in [0.15, 0.2) is 15.3 Å². The number of ether oxygens (including phenoxy) is 4. The second-order valence-electron chi connectivity index (χ2n) is 21.4. The number of carbonyl (C=O) groups excluding carboxylic acids is 2. The summed E-state index contributed by atoms with van der Waals surface area (Å²) in [6, 6.07) is 51.3. The quantitative estimate of drug-likeness (QED) is 0.0229. The minimum absolute atomic E-state index is 0.204. The molecule has 0 bridgehead atoms. The minimum atomic E-state index is -0.973. The predicted molar refractivity (Wildman–Crippen MR) is 411 cm³/mol. The van der Waals surface area contributed by atoms with Crippen LogP contribution in [0.2, 0.25) is 20.6 Å². The fourth-order valence-corrected chi connectivity index (χ4v) is 10.3. The van der Waals surface area contributed by atoms with Gasteiger partial charge in [0.25, 0.3) is 11.8 Å². The average molecular weight is 1540 g/mol. The number of benzene rings is 8. The number of amides is 2. The molecule has 36 heteroatoms. The Morgan fingerprint density at radius 1 is 0.442 bits per heavy atom. The summed E-state index contributed by atoms with van der Waals surface area (Å²) in [6.45, 7) is 2.16. The zero-order chi connectivity index (χ0) is 74.1. The van der Waals surface area contributed by atoms with Gasteiger partial charge in [-0.2, -0.15) is 20.4 Å². The van der Waals surface area contributed by atoms with Gasteiger partial charge in [0.1, 0.15) is 43.6 Å². The van der Waals surface area contributed by atoms with Gasteiger partial charge in [-0.05, 0) is 180 Å². The summed E-state index contributed by atoms with van der Waals surface area (Å²) in [5, 5.41) is 60.9. The van der Waals surface area contributed by atoms with Crippen molar-refractivity contribution in [1.29, 1.82) is 0 Å². The number of nitrogens with zero attached hydrogens (tertiary/aromatic N) is 6. The van der Waals surface area contributed by atoms with Gasteiger partial charge in [0.2, 0.25) is 5.89 Å². The standard InChI is InChI=1S/2C17H16ClN5O2S.C17H14ClN5O2.C9H13N3OS.C8H5ClN2O2/c2*1-25-12-4-2-3-10(7-12)9-19-17(26)23-22-16(24)11-5-6-14-13(8-11)15(18)21-20-14;1-24-12-4-2-3-10(7-12)9-19-17-23-22-16(25-17)11-5-6-14-13(8-11)15(18)21-20-14;1-13-8-4-2-3-7(5-8)6-11-9(14)12-10;9-7-5-3-4(8(12)13)1-2-6(5)10-11-7/h2*2-8H,9H2,1H3,(H,20,21)(H,22,24)(H2,19,23,26);2-8H,9H2,1H3,(H,19,23)(H,20,21);2-5H,6,10H2,1H3,(H2,11,12,14);1-3H,(H,10,11)(H,12,13). The molecule has 13 rings (SSSR count). The SMILES string of the molecule is COc1cccc(CNC(=S)NN)c1.COc1cccc(CNC(=S)NNC(=O)c2ccc3n[nH]c(Cl)c3c2)c1.COc1cccc(CNC(=S)NNC(=O)c2ccc3n[nH]c(Cl)c3c2)c1.COc1cccc(CNc2nnc(-c3ccc4n[nH]c(Cl)c4c3)o2)c1.O=C(O)c1ccc2n[nH]c(Cl)c2c1. The number of carboxylic acids is 1. The van der Waals surface area contributed by atoms with Gasteiger partial charge in [-0.3, -0.25) is 51.7 Å². The Morgan fingerprint density at radius 2 is 0.788 bits per heavy atom. The molecular weight excluding hydrogens is 1480 g/mol. The van der Waals surface area contributed by atoms with Crippen LogP contribution in [0.5, 0.6) is 23.0 Å². The molecule has 0 atom stereocenters. The Kier molecular flexibility index (Phi) is 27.9. The number of hydrogen-bond donors (Lipinski definition) is 15. The molecule has 0 aliphatic rings. The number of methoxy groups -OCH3 is 4. The van der Waals surface area contributed by atoms with Crippen LogP contribution in [0.1, 0.15) is 53.3 Å². The second kappa shape index (κ2) is 37.9. The van der Waals surface area contributed by atoms with Gasteiger partial charge >= 0.3 is 12.0 Å². The number of thiocarbonyl (C=S) groups is 3. The number of fused-ring (bicyclic) bond motifs is 4. The Bertz CT molecular complexity index is 5000. The Labute approximate surface area is 628 Å². The highest BCUT2D eigenvalue weighted by Gasteiger charge is 2.15. The van der Waals surface area contributed by atoms with Crippen LogP contribution in [0.25, 0.3) is 55.1 Å². The van der Waals surface area contributed by atoms with Crippen molar-refractivity contribution in [3.63, 3.8) is 0 Å². The van der Waals surface area contributed by atoms with Crippen LogP contribution in [0.4, 0.5) is 6.01 Å². The third-order valence-corrected chi connectivity index (χ3v) is 16.4. The summed E-state index contributed by atoms with van der Waals surface area (Å²) in [4.78, 5) is 35.1. The van der Waals surface area contributed by atoms with E-state index in [2.05, 4.69) is 99.4 Å². The Balaban J connectivity index is 0.000000155. The van der Waals surface area contributed by atoms with Crippen molar-refractivity contribution in [2.45, 2.75) is 26.2 Å². The summed E-state index contributed by atoms with van der Waals surface area (Å²) < 4.78 is 26.3. The largest absolute Gasteiger partial charge is 0.497 e. The molecule has 13 aromatic rings. The zero-order valence-electron chi connectivity index (χ0n) is 55.2. The lowest BCUT2D eigenvalue weighted by atomic mass is 10.1. The number of anilines is 1. The van der Waals surface area contributed by atoms with Crippen molar-refractivity contribution >= 4 is 166 Å². The molecule has 16 N–H and O–H groups in total. The molecule has 5 aromatic heterocycles. The van der Waals surface area contributed by atoms with Crippen LogP contribution in [-0.2, 0) is 26.2 Å². The molecule has 0 radical (unpaired) electrons. The smallest absolute Gasteiger partial charge is 0.335 e. The number of aromatic carboxylic acids is 1. The fraction of sp³-hybridized carbons (Fsp3) is 0.118. The highest BCUT2D eigenvalue weighted by molar-refractivity contribution is 7.80. The molecule has 0 saturated carbocycles. The van der Waals surface area contributed by atoms with Crippen molar-refractivity contribution in [1.82, 2.24) is 94.1 Å². The van der Waals surface area contributed by atoms with Gasteiger partial charge < -0.3 is 55.2 Å². The van der Waals surface area contributed by atoms with E-state index in [0.717, 1.165) is 61.7 Å². The number of carboxylic acid groups (broad SMARTS) is 1. The maximum Gasteiger partial charge on any atom is 0.335 e. The van der Waals surface area contributed by atoms with Crippen LogP contribution >= 0.6 is 83.1 Å². The second-order valence-corrected chi connectivity index (χ2v) is 24.1. The highest BCUT2D eigenvalue weighted by atomic mass is 35.5. The topological polar surface area (TPSA) is 396 Å². The van der Waals surface area contributed by atoms with Gasteiger partial charge in [0, 0.05) is 64.4 Å². The van der Waals surface area contributed by atoms with Crippen LogP contribution in [0.3, 0.4) is 0 Å². The normalized spacial score (nSPS) is 10.4. The summed E-state index contributed by atoms with van der Waals surface area (Å²) in [5.74, 6) is 7.04. The zero-order valence-corrected chi connectivity index (χ0v) is 60.7. The lowest BCUT2D eigenvalue weighted by Gasteiger charge is -2.12. The number of nitrogens with one attached hydrogen (secondary N) is 13. The van der Waals surface area contributed by atoms with E-state index in [4.69, 9.17) is 117 Å². The molecule has 0 unspecified atom stereocenters. The number of hydrazine groups is 3. The number of H-pyrrole nitrogens is 4. The maximum atomic E-state index is 12.2. The monoisotopic (exact) mass is 1540 g/mol. The van der Waals surface area contributed by atoms with E-state index >= 15 is 0 Å². The fourth-order valence-electron chi connectivity index (χ4n) is 9.24. The summed E-state index contributed by atoms with van der Waals surface area (Å²) in [5.41, 5.74) is 21.6. The first kappa shape index (κ1) is 76.6. The lowest BCUT2D eigenvalue weighted by molar-refractivity contribution is 0.0696. The number of aromatic amines is 4. The number of hydrogen-bond acceptors (Lipinski definition) is 19. The van der Waals surface area contributed by atoms with E-state index < -0.39 is 5.97 Å². The molecule has 8 aromatic carbocycles. The first-order chi connectivity index (χ1) is 50.3. The molecule has 0 saturated heterocycles. The minimum Gasteiger partial charge on any atom is -0.497 e. The highest BCUT2D eigenvalue weighted by Crippen LogP contribution is 2.29. The van der Waals surface area contributed by atoms with Crippen molar-refractivity contribution in [3.8, 4) is 34.5 Å². The third kappa shape index (κ3) is 21.9. The molecule has 536 valence electrons. The molecule has 29 nitrogen and oxygen atoms in total. The van der Waals surface area contributed by atoms with E-state index in [0.29, 0.717) is 118 Å². The van der Waals surface area contributed by atoms with Crippen LogP contribution in [0, 0.1) is 0 Å². The number of aromatic nitrogens is 10. The molecule has 104 heavy (non-hydrogen) atoms. The van der Waals surface area contributed by atoms with Gasteiger partial charge in [-0.1, -0.05) is 100 Å². The van der Waals surface area contributed by atoms with Crippen molar-refractivity contribution < 1.29 is 42.9 Å². The predicted octanol–water partition coefficient (Wildman–Crippen LogP) is 11.4. The van der Waals surface area contributed by atoms with Gasteiger partial charge in [-0.25, -0.2) is 10.6 Å². The van der Waals surface area contributed by atoms with E-state index in [9.17, 15) is 14.4 Å². The molecule has 0 aliphatic carbocycles. The third-order valence-electron chi connectivity index (χ3n) is 14.5. The Hall–Kier alpha value is -11.6. The first-order valence-corrected chi connectivity index (χ1v) is 33.3. The Morgan fingerprint density at radius 3 is 1.16 bits per heavy atom. The van der Waals surface area contributed by atoms with Gasteiger partial charge in [0.05, 0.1) is 56.1 Å².